The highest BCUT2D eigenvalue weighted by atomic mass is 35.5. The van der Waals surface area contributed by atoms with Crippen molar-refractivity contribution in [1.82, 2.24) is 9.97 Å². The van der Waals surface area contributed by atoms with Crippen LogP contribution in [0.2, 0.25) is 5.15 Å². The minimum absolute atomic E-state index is 0.498. The Balaban J connectivity index is 1.91. The molecule has 3 rings (SSSR count). The normalized spacial score (nSPS) is 14.2. The summed E-state index contributed by atoms with van der Waals surface area (Å²) in [5, 5.41) is 0.498. The van der Waals surface area contributed by atoms with Gasteiger partial charge in [0.05, 0.1) is 6.54 Å². The van der Waals surface area contributed by atoms with Crippen LogP contribution in [0, 0.1) is 6.92 Å². The zero-order chi connectivity index (χ0) is 14.1. The third kappa shape index (κ3) is 2.56. The van der Waals surface area contributed by atoms with E-state index in [9.17, 15) is 0 Å². The minimum Gasteiger partial charge on any atom is -0.398 e. The van der Waals surface area contributed by atoms with Crippen LogP contribution in [0.25, 0.3) is 0 Å². The van der Waals surface area contributed by atoms with E-state index >= 15 is 0 Å². The molecule has 0 saturated carbocycles. The van der Waals surface area contributed by atoms with Crippen molar-refractivity contribution in [2.75, 3.05) is 17.2 Å². The van der Waals surface area contributed by atoms with Crippen LogP contribution in [-0.2, 0) is 13.0 Å². The van der Waals surface area contributed by atoms with Gasteiger partial charge in [-0.1, -0.05) is 17.7 Å². The number of aromatic nitrogens is 2. The Kier molecular flexibility index (Phi) is 3.49. The average molecular weight is 289 g/mol. The third-order valence-electron chi connectivity index (χ3n) is 3.58. The van der Waals surface area contributed by atoms with Crippen LogP contribution in [0.15, 0.2) is 24.3 Å². The fourth-order valence-corrected chi connectivity index (χ4v) is 2.98. The van der Waals surface area contributed by atoms with Gasteiger partial charge < -0.3 is 10.6 Å². The summed E-state index contributed by atoms with van der Waals surface area (Å²) < 4.78 is 0. The van der Waals surface area contributed by atoms with Gasteiger partial charge in [-0.3, -0.25) is 0 Å². The van der Waals surface area contributed by atoms with Crippen molar-refractivity contribution < 1.29 is 0 Å². The largest absolute Gasteiger partial charge is 0.398 e. The third-order valence-corrected chi connectivity index (χ3v) is 3.78. The second-order valence-corrected chi connectivity index (χ2v) is 5.51. The molecule has 0 aliphatic carbocycles. The van der Waals surface area contributed by atoms with E-state index in [2.05, 4.69) is 20.9 Å². The Hall–Kier alpha value is -1.81. The van der Waals surface area contributed by atoms with Crippen molar-refractivity contribution >= 4 is 23.0 Å². The molecule has 0 amide bonds. The number of nitrogens with two attached hydrogens (primary N) is 1. The van der Waals surface area contributed by atoms with Crippen molar-refractivity contribution in [3.8, 4) is 0 Å². The maximum atomic E-state index is 6.07. The van der Waals surface area contributed by atoms with Crippen LogP contribution < -0.4 is 10.6 Å². The van der Waals surface area contributed by atoms with Crippen LogP contribution in [0.1, 0.15) is 23.5 Å². The predicted molar refractivity (Wildman–Crippen MR) is 82.0 cm³/mol. The Morgan fingerprint density at radius 2 is 2.20 bits per heavy atom. The topological polar surface area (TPSA) is 55.0 Å². The highest BCUT2D eigenvalue weighted by molar-refractivity contribution is 6.29. The minimum atomic E-state index is 0.498. The van der Waals surface area contributed by atoms with E-state index in [0.29, 0.717) is 11.7 Å². The van der Waals surface area contributed by atoms with Gasteiger partial charge in [-0.2, -0.15) is 0 Å². The van der Waals surface area contributed by atoms with E-state index in [-0.39, 0.29) is 0 Å². The first-order valence-corrected chi connectivity index (χ1v) is 7.13. The molecule has 5 heteroatoms. The first-order chi connectivity index (χ1) is 9.63. The molecular weight excluding hydrogens is 272 g/mol. The van der Waals surface area contributed by atoms with Crippen molar-refractivity contribution in [2.45, 2.75) is 26.3 Å². The highest BCUT2D eigenvalue weighted by Gasteiger charge is 2.19. The molecule has 104 valence electrons. The molecule has 1 aliphatic heterocycles. The predicted octanol–water partition coefficient (Wildman–Crippen LogP) is 2.97. The van der Waals surface area contributed by atoms with Crippen LogP contribution in [-0.4, -0.2) is 16.5 Å². The molecular formula is C15H17ClN4. The van der Waals surface area contributed by atoms with Gasteiger partial charge in [-0.15, -0.1) is 0 Å². The van der Waals surface area contributed by atoms with E-state index in [1.807, 2.05) is 19.1 Å². The molecule has 0 atom stereocenters. The number of nitrogens with zero attached hydrogens (tertiary/aromatic N) is 3. The summed E-state index contributed by atoms with van der Waals surface area (Å²) >= 11 is 6.00. The summed E-state index contributed by atoms with van der Waals surface area (Å²) in [5.74, 6) is 0.755. The van der Waals surface area contributed by atoms with E-state index in [0.717, 1.165) is 36.6 Å². The molecule has 0 fully saturated rings. The zero-order valence-corrected chi connectivity index (χ0v) is 12.2. The summed E-state index contributed by atoms with van der Waals surface area (Å²) in [6, 6.07) is 7.84. The van der Waals surface area contributed by atoms with Crippen LogP contribution >= 0.6 is 11.6 Å². The molecule has 1 aliphatic rings. The van der Waals surface area contributed by atoms with Gasteiger partial charge in [0.25, 0.3) is 0 Å². The molecule has 0 bridgehead atoms. The van der Waals surface area contributed by atoms with Crippen molar-refractivity contribution in [3.05, 3.63) is 46.5 Å². The van der Waals surface area contributed by atoms with Gasteiger partial charge in [-0.05, 0) is 43.5 Å². The highest BCUT2D eigenvalue weighted by Crippen LogP contribution is 2.31. The zero-order valence-electron chi connectivity index (χ0n) is 11.4. The van der Waals surface area contributed by atoms with E-state index in [1.165, 1.54) is 11.3 Å². The fraction of sp³-hybridized carbons (Fsp3) is 0.333. The molecule has 0 spiro atoms. The number of hydrogen-bond acceptors (Lipinski definition) is 4. The number of rotatable bonds is 2. The number of benzene rings is 1. The Labute approximate surface area is 123 Å². The van der Waals surface area contributed by atoms with Crippen molar-refractivity contribution in [3.63, 3.8) is 0 Å². The molecule has 20 heavy (non-hydrogen) atoms. The van der Waals surface area contributed by atoms with Crippen LogP contribution in [0.5, 0.6) is 0 Å². The smallest absolute Gasteiger partial charge is 0.149 e. The molecule has 1 aromatic heterocycles. The number of halogens is 1. The number of nitrogen functional groups attached to an aromatic ring is 1. The van der Waals surface area contributed by atoms with Crippen LogP contribution in [0.4, 0.5) is 11.4 Å². The molecule has 0 radical (unpaired) electrons. The lowest BCUT2D eigenvalue weighted by atomic mass is 10.00. The Morgan fingerprint density at radius 3 is 3.00 bits per heavy atom. The van der Waals surface area contributed by atoms with Crippen molar-refractivity contribution in [2.24, 2.45) is 0 Å². The molecule has 2 N–H and O–H groups in total. The number of fused-ring (bicyclic) bond motifs is 1. The van der Waals surface area contributed by atoms with Gasteiger partial charge >= 0.3 is 0 Å². The molecule has 2 heterocycles. The number of aryl methyl sites for hydroxylation is 1. The average Bonchev–Trinajstić information content (AvgIpc) is 2.39. The first-order valence-electron chi connectivity index (χ1n) is 6.76. The molecule has 0 saturated heterocycles. The maximum absolute atomic E-state index is 6.07. The van der Waals surface area contributed by atoms with E-state index in [4.69, 9.17) is 17.3 Å². The standard InChI is InChI=1S/C15H17ClN4/c1-10-8-14(16)19-15(18-10)9-20-7-3-4-11-12(17)5-2-6-13(11)20/h2,5-6,8H,3-4,7,9,17H2,1H3. The van der Waals surface area contributed by atoms with Gasteiger partial charge in [0.15, 0.2) is 0 Å². The van der Waals surface area contributed by atoms with Gasteiger partial charge in [0, 0.05) is 23.6 Å². The quantitative estimate of drug-likeness (QED) is 0.682. The second-order valence-electron chi connectivity index (χ2n) is 5.12. The lowest BCUT2D eigenvalue weighted by Crippen LogP contribution is -2.30. The summed E-state index contributed by atoms with van der Waals surface area (Å²) in [6.07, 6.45) is 2.13. The van der Waals surface area contributed by atoms with Gasteiger partial charge in [-0.25, -0.2) is 9.97 Å². The lowest BCUT2D eigenvalue weighted by Gasteiger charge is -2.31. The second kappa shape index (κ2) is 5.29. The van der Waals surface area contributed by atoms with E-state index < -0.39 is 0 Å². The van der Waals surface area contributed by atoms with Gasteiger partial charge in [0.1, 0.15) is 11.0 Å². The summed E-state index contributed by atoms with van der Waals surface area (Å²) in [5.41, 5.74) is 10.3. The summed E-state index contributed by atoms with van der Waals surface area (Å²) in [7, 11) is 0. The lowest BCUT2D eigenvalue weighted by molar-refractivity contribution is 0.673. The number of anilines is 2. The molecule has 2 aromatic rings. The van der Waals surface area contributed by atoms with Gasteiger partial charge in [0.2, 0.25) is 0 Å². The Bertz CT molecular complexity index is 622. The van der Waals surface area contributed by atoms with Crippen LogP contribution in [0.3, 0.4) is 0 Å². The van der Waals surface area contributed by atoms with Crippen molar-refractivity contribution in [1.29, 1.82) is 0 Å². The maximum Gasteiger partial charge on any atom is 0.149 e. The monoisotopic (exact) mass is 288 g/mol. The SMILES string of the molecule is Cc1cc(Cl)nc(CN2CCCc3c(N)cccc32)n1. The molecule has 1 aromatic carbocycles. The van der Waals surface area contributed by atoms with E-state index in [1.54, 1.807) is 6.07 Å². The molecule has 4 nitrogen and oxygen atoms in total. The molecule has 0 unspecified atom stereocenters. The summed E-state index contributed by atoms with van der Waals surface area (Å²) in [4.78, 5) is 11.0. The Morgan fingerprint density at radius 1 is 1.35 bits per heavy atom. The fourth-order valence-electron chi connectivity index (χ4n) is 2.72. The number of hydrogen-bond donors (Lipinski definition) is 1. The first kappa shape index (κ1) is 13.2. The summed E-state index contributed by atoms with van der Waals surface area (Å²) in [6.45, 7) is 3.59.